The van der Waals surface area contributed by atoms with Gasteiger partial charge in [-0.1, -0.05) is 43.2 Å². The maximum absolute atomic E-state index is 13.9. The Hall–Kier alpha value is -2.45. The van der Waals surface area contributed by atoms with Crippen LogP contribution in [0.5, 0.6) is 0 Å². The fourth-order valence-corrected chi connectivity index (χ4v) is 6.37. The molecule has 3 N–H and O–H groups in total. The first-order chi connectivity index (χ1) is 16.7. The molecule has 4 rings (SSSR count). The lowest BCUT2D eigenvalue weighted by atomic mass is 9.66. The minimum atomic E-state index is -0.981. The zero-order chi connectivity index (χ0) is 25.2. The van der Waals surface area contributed by atoms with Crippen LogP contribution in [0.25, 0.3) is 0 Å². The van der Waals surface area contributed by atoms with E-state index in [1.54, 1.807) is 4.90 Å². The Kier molecular flexibility index (Phi) is 7.52. The molecule has 1 aromatic rings. The molecule has 1 aromatic carbocycles. The number of fused-ring (bicyclic) bond motifs is 1. The SMILES string of the molecule is CC(C)NC(=O)C1N(CCCCCCO)C(=O)[C@@H]2[C@H](C(=O)NCc3ccccc3)[C@]3(C)CCC12O3. The second-order valence-electron chi connectivity index (χ2n) is 10.8. The number of likely N-dealkylation sites (tertiary alicyclic amines) is 1. The number of rotatable bonds is 11. The van der Waals surface area contributed by atoms with Crippen LogP contribution < -0.4 is 10.6 Å². The minimum absolute atomic E-state index is 0.0707. The molecule has 8 heteroatoms. The van der Waals surface area contributed by atoms with E-state index in [4.69, 9.17) is 9.84 Å². The van der Waals surface area contributed by atoms with Gasteiger partial charge in [-0.05, 0) is 52.0 Å². The summed E-state index contributed by atoms with van der Waals surface area (Å²) in [5.74, 6) is -1.86. The van der Waals surface area contributed by atoms with Gasteiger partial charge in [0.2, 0.25) is 17.7 Å². The van der Waals surface area contributed by atoms with Crippen LogP contribution in [-0.4, -0.2) is 64.2 Å². The van der Waals surface area contributed by atoms with Gasteiger partial charge in [0.1, 0.15) is 11.6 Å². The number of unbranched alkanes of at least 4 members (excludes halogenated alkanes) is 3. The molecule has 0 saturated carbocycles. The van der Waals surface area contributed by atoms with Crippen molar-refractivity contribution < 1.29 is 24.2 Å². The lowest BCUT2D eigenvalue weighted by molar-refractivity contribution is -0.146. The van der Waals surface area contributed by atoms with Crippen LogP contribution in [0, 0.1) is 11.8 Å². The Morgan fingerprint density at radius 1 is 1.11 bits per heavy atom. The van der Waals surface area contributed by atoms with Gasteiger partial charge in [0.25, 0.3) is 0 Å². The van der Waals surface area contributed by atoms with E-state index in [0.717, 1.165) is 31.2 Å². The number of benzene rings is 1. The Morgan fingerprint density at radius 2 is 1.83 bits per heavy atom. The van der Waals surface area contributed by atoms with Crippen molar-refractivity contribution in [2.75, 3.05) is 13.2 Å². The van der Waals surface area contributed by atoms with Crippen LogP contribution in [0.15, 0.2) is 30.3 Å². The smallest absolute Gasteiger partial charge is 0.246 e. The first-order valence-electron chi connectivity index (χ1n) is 13.0. The van der Waals surface area contributed by atoms with Gasteiger partial charge >= 0.3 is 0 Å². The fraction of sp³-hybridized carbons (Fsp3) is 0.667. The second-order valence-corrected chi connectivity index (χ2v) is 10.8. The highest BCUT2D eigenvalue weighted by atomic mass is 16.5. The van der Waals surface area contributed by atoms with Crippen molar-refractivity contribution in [1.29, 1.82) is 0 Å². The molecule has 35 heavy (non-hydrogen) atoms. The summed E-state index contributed by atoms with van der Waals surface area (Å²) in [5, 5.41) is 15.1. The molecule has 2 unspecified atom stereocenters. The summed E-state index contributed by atoms with van der Waals surface area (Å²) in [7, 11) is 0. The molecule has 2 bridgehead atoms. The molecule has 0 aromatic heterocycles. The Balaban J connectivity index is 1.58. The molecule has 3 amide bonds. The summed E-state index contributed by atoms with van der Waals surface area (Å²) >= 11 is 0. The highest BCUT2D eigenvalue weighted by Crippen LogP contribution is 2.63. The summed E-state index contributed by atoms with van der Waals surface area (Å²) in [6, 6.07) is 8.87. The molecule has 0 aliphatic carbocycles. The van der Waals surface area contributed by atoms with E-state index >= 15 is 0 Å². The standard InChI is InChI=1S/C27H39N3O5/c1-18(2)29-24(33)22-27-14-13-26(3,35-27)20(23(32)28-17-19-11-7-6-8-12-19)21(27)25(34)30(22)15-9-4-5-10-16-31/h6-8,11-12,18,20-22,31H,4-5,9-10,13-17H2,1-3H3,(H,28,32)(H,29,33)/t20-,21+,22?,26+,27?/m1/s1. The summed E-state index contributed by atoms with van der Waals surface area (Å²) in [6.45, 7) is 6.69. The Morgan fingerprint density at radius 3 is 2.51 bits per heavy atom. The zero-order valence-electron chi connectivity index (χ0n) is 21.1. The van der Waals surface area contributed by atoms with Crippen molar-refractivity contribution >= 4 is 17.7 Å². The van der Waals surface area contributed by atoms with Crippen LogP contribution in [0.4, 0.5) is 0 Å². The highest BCUT2D eigenvalue weighted by Gasteiger charge is 2.77. The third-order valence-electron chi connectivity index (χ3n) is 7.86. The maximum Gasteiger partial charge on any atom is 0.246 e. The van der Waals surface area contributed by atoms with Crippen molar-refractivity contribution in [3.8, 4) is 0 Å². The molecule has 0 radical (unpaired) electrons. The molecular formula is C27H39N3O5. The molecule has 3 saturated heterocycles. The van der Waals surface area contributed by atoms with Gasteiger partial charge in [0.15, 0.2) is 0 Å². The molecular weight excluding hydrogens is 446 g/mol. The van der Waals surface area contributed by atoms with E-state index < -0.39 is 29.1 Å². The number of amides is 3. The molecule has 3 aliphatic heterocycles. The van der Waals surface area contributed by atoms with Crippen LogP contribution in [0.3, 0.4) is 0 Å². The van der Waals surface area contributed by atoms with Crippen molar-refractivity contribution in [3.63, 3.8) is 0 Å². The van der Waals surface area contributed by atoms with E-state index in [9.17, 15) is 14.4 Å². The van der Waals surface area contributed by atoms with E-state index in [1.165, 1.54) is 0 Å². The van der Waals surface area contributed by atoms with Gasteiger partial charge in [-0.2, -0.15) is 0 Å². The van der Waals surface area contributed by atoms with Gasteiger partial charge < -0.3 is 25.4 Å². The van der Waals surface area contributed by atoms with Crippen molar-refractivity contribution in [3.05, 3.63) is 35.9 Å². The number of ether oxygens (including phenoxy) is 1. The number of aliphatic hydroxyl groups is 1. The summed E-state index contributed by atoms with van der Waals surface area (Å²) in [4.78, 5) is 42.5. The number of nitrogens with one attached hydrogen (secondary N) is 2. The number of nitrogens with zero attached hydrogens (tertiary/aromatic N) is 1. The van der Waals surface area contributed by atoms with E-state index in [-0.39, 0.29) is 30.4 Å². The first kappa shape index (κ1) is 25.6. The average molecular weight is 486 g/mol. The van der Waals surface area contributed by atoms with Crippen molar-refractivity contribution in [2.45, 2.75) is 89.1 Å². The second kappa shape index (κ2) is 10.3. The molecule has 8 nitrogen and oxygen atoms in total. The number of aliphatic hydroxyl groups excluding tert-OH is 1. The number of hydrogen-bond donors (Lipinski definition) is 3. The third kappa shape index (κ3) is 4.70. The van der Waals surface area contributed by atoms with Gasteiger partial charge in [-0.15, -0.1) is 0 Å². The molecule has 3 fully saturated rings. The molecule has 5 atom stereocenters. The summed E-state index contributed by atoms with van der Waals surface area (Å²) in [6.07, 6.45) is 4.41. The molecule has 1 spiro atoms. The van der Waals surface area contributed by atoms with Crippen molar-refractivity contribution in [1.82, 2.24) is 15.5 Å². The minimum Gasteiger partial charge on any atom is -0.396 e. The normalized spacial score (nSPS) is 31.2. The molecule has 3 aliphatic rings. The topological polar surface area (TPSA) is 108 Å². The lowest BCUT2D eigenvalue weighted by Crippen LogP contribution is -2.56. The number of hydrogen-bond acceptors (Lipinski definition) is 5. The van der Waals surface area contributed by atoms with Gasteiger partial charge in [0.05, 0.1) is 17.4 Å². The zero-order valence-corrected chi connectivity index (χ0v) is 21.1. The van der Waals surface area contributed by atoms with E-state index in [1.807, 2.05) is 51.1 Å². The Labute approximate surface area is 207 Å². The van der Waals surface area contributed by atoms with E-state index in [0.29, 0.717) is 25.9 Å². The lowest BCUT2D eigenvalue weighted by Gasteiger charge is -2.34. The monoisotopic (exact) mass is 485 g/mol. The average Bonchev–Trinajstić information content (AvgIpc) is 3.38. The van der Waals surface area contributed by atoms with Crippen LogP contribution in [0.1, 0.15) is 64.9 Å². The van der Waals surface area contributed by atoms with Gasteiger partial charge in [-0.25, -0.2) is 0 Å². The first-order valence-corrected chi connectivity index (χ1v) is 13.0. The fourth-order valence-electron chi connectivity index (χ4n) is 6.37. The van der Waals surface area contributed by atoms with Crippen LogP contribution >= 0.6 is 0 Å². The van der Waals surface area contributed by atoms with Crippen molar-refractivity contribution in [2.24, 2.45) is 11.8 Å². The maximum atomic E-state index is 13.9. The molecule has 3 heterocycles. The molecule has 192 valence electrons. The quantitative estimate of drug-likeness (QED) is 0.416. The van der Waals surface area contributed by atoms with Gasteiger partial charge in [0, 0.05) is 25.7 Å². The largest absolute Gasteiger partial charge is 0.396 e. The van der Waals surface area contributed by atoms with E-state index in [2.05, 4.69) is 10.6 Å². The Bertz CT molecular complexity index is 938. The summed E-state index contributed by atoms with van der Waals surface area (Å²) in [5.41, 5.74) is -0.767. The number of carbonyl (C=O) groups is 3. The predicted octanol–water partition coefficient (Wildman–Crippen LogP) is 2.14. The summed E-state index contributed by atoms with van der Waals surface area (Å²) < 4.78 is 6.60. The van der Waals surface area contributed by atoms with Gasteiger partial charge in [-0.3, -0.25) is 14.4 Å². The van der Waals surface area contributed by atoms with Crippen LogP contribution in [0.2, 0.25) is 0 Å². The third-order valence-corrected chi connectivity index (χ3v) is 7.86. The predicted molar refractivity (Wildman–Crippen MR) is 131 cm³/mol. The van der Waals surface area contributed by atoms with Crippen LogP contribution in [-0.2, 0) is 25.7 Å². The highest BCUT2D eigenvalue weighted by molar-refractivity contribution is 5.99. The number of carbonyl (C=O) groups excluding carboxylic acids is 3.